The normalized spacial score (nSPS) is 11.7. The first kappa shape index (κ1) is 12.5. The monoisotopic (exact) mass is 227 g/mol. The smallest absolute Gasteiger partial charge is 0.0556 e. The SMILES string of the molecule is CC(C)(Cc1ccc(Cl)cc1)NCCO. The van der Waals surface area contributed by atoms with Gasteiger partial charge in [0.25, 0.3) is 0 Å². The van der Waals surface area contributed by atoms with E-state index in [2.05, 4.69) is 19.2 Å². The third-order valence-corrected chi connectivity index (χ3v) is 2.53. The first-order valence-electron chi connectivity index (χ1n) is 5.14. The number of benzene rings is 1. The van der Waals surface area contributed by atoms with E-state index >= 15 is 0 Å². The van der Waals surface area contributed by atoms with Gasteiger partial charge in [0, 0.05) is 17.1 Å². The second-order valence-electron chi connectivity index (χ2n) is 4.34. The molecule has 15 heavy (non-hydrogen) atoms. The minimum absolute atomic E-state index is 0.00341. The Balaban J connectivity index is 2.56. The number of aliphatic hydroxyl groups excluding tert-OH is 1. The Morgan fingerprint density at radius 1 is 1.27 bits per heavy atom. The molecule has 0 atom stereocenters. The summed E-state index contributed by atoms with van der Waals surface area (Å²) in [7, 11) is 0. The van der Waals surface area contributed by atoms with Crippen molar-refractivity contribution in [1.82, 2.24) is 5.32 Å². The molecular weight excluding hydrogens is 210 g/mol. The van der Waals surface area contributed by atoms with Crippen LogP contribution in [0, 0.1) is 0 Å². The van der Waals surface area contributed by atoms with Crippen molar-refractivity contribution in [1.29, 1.82) is 0 Å². The second-order valence-corrected chi connectivity index (χ2v) is 4.77. The van der Waals surface area contributed by atoms with Gasteiger partial charge in [-0.25, -0.2) is 0 Å². The second kappa shape index (κ2) is 5.50. The van der Waals surface area contributed by atoms with Crippen molar-refractivity contribution in [3.05, 3.63) is 34.9 Å². The highest BCUT2D eigenvalue weighted by atomic mass is 35.5. The van der Waals surface area contributed by atoms with Gasteiger partial charge >= 0.3 is 0 Å². The summed E-state index contributed by atoms with van der Waals surface area (Å²) in [5.41, 5.74) is 1.24. The molecule has 0 aliphatic heterocycles. The minimum Gasteiger partial charge on any atom is -0.395 e. The van der Waals surface area contributed by atoms with Gasteiger partial charge in [-0.05, 0) is 38.0 Å². The molecule has 1 rings (SSSR count). The number of β-amino-alcohol motifs (C(OH)–C–C–N with tert-alkyl or cyclic N) is 1. The van der Waals surface area contributed by atoms with Crippen LogP contribution >= 0.6 is 11.6 Å². The number of halogens is 1. The third-order valence-electron chi connectivity index (χ3n) is 2.27. The molecule has 1 aromatic carbocycles. The van der Waals surface area contributed by atoms with E-state index in [4.69, 9.17) is 16.7 Å². The van der Waals surface area contributed by atoms with Gasteiger partial charge in [-0.15, -0.1) is 0 Å². The Morgan fingerprint density at radius 3 is 2.40 bits per heavy atom. The average Bonchev–Trinajstić information content (AvgIpc) is 2.18. The fraction of sp³-hybridized carbons (Fsp3) is 0.500. The molecule has 0 heterocycles. The van der Waals surface area contributed by atoms with E-state index in [0.29, 0.717) is 6.54 Å². The number of aliphatic hydroxyl groups is 1. The van der Waals surface area contributed by atoms with E-state index in [0.717, 1.165) is 11.4 Å². The van der Waals surface area contributed by atoms with Gasteiger partial charge < -0.3 is 10.4 Å². The zero-order chi connectivity index (χ0) is 11.3. The lowest BCUT2D eigenvalue weighted by atomic mass is 9.95. The van der Waals surface area contributed by atoms with Gasteiger partial charge in [0.2, 0.25) is 0 Å². The van der Waals surface area contributed by atoms with Crippen LogP contribution in [0.2, 0.25) is 5.02 Å². The van der Waals surface area contributed by atoms with Crippen LogP contribution in [0.15, 0.2) is 24.3 Å². The molecule has 0 saturated carbocycles. The standard InChI is InChI=1S/C12H18ClNO/c1-12(2,14-7-8-15)9-10-3-5-11(13)6-4-10/h3-6,14-15H,7-9H2,1-2H3. The van der Waals surface area contributed by atoms with E-state index in [1.165, 1.54) is 5.56 Å². The van der Waals surface area contributed by atoms with E-state index in [1.807, 2.05) is 24.3 Å². The van der Waals surface area contributed by atoms with Gasteiger partial charge in [0.1, 0.15) is 0 Å². The van der Waals surface area contributed by atoms with E-state index in [-0.39, 0.29) is 12.1 Å². The Kier molecular flexibility index (Phi) is 4.58. The molecule has 0 bridgehead atoms. The van der Waals surface area contributed by atoms with Crippen molar-refractivity contribution in [2.45, 2.75) is 25.8 Å². The first-order valence-corrected chi connectivity index (χ1v) is 5.52. The summed E-state index contributed by atoms with van der Waals surface area (Å²) in [6, 6.07) is 7.87. The van der Waals surface area contributed by atoms with Crippen LogP contribution in [-0.4, -0.2) is 23.8 Å². The summed E-state index contributed by atoms with van der Waals surface area (Å²) in [5.74, 6) is 0. The van der Waals surface area contributed by atoms with Crippen molar-refractivity contribution in [3.8, 4) is 0 Å². The molecule has 0 spiro atoms. The topological polar surface area (TPSA) is 32.3 Å². The molecule has 1 aromatic rings. The molecule has 0 amide bonds. The van der Waals surface area contributed by atoms with Crippen molar-refractivity contribution in [3.63, 3.8) is 0 Å². The molecule has 0 aliphatic carbocycles. The zero-order valence-corrected chi connectivity index (χ0v) is 10.0. The number of nitrogens with one attached hydrogen (secondary N) is 1. The minimum atomic E-state index is -0.00341. The fourth-order valence-electron chi connectivity index (χ4n) is 1.57. The Labute approximate surface area is 96.3 Å². The Morgan fingerprint density at radius 2 is 1.87 bits per heavy atom. The molecule has 0 radical (unpaired) electrons. The summed E-state index contributed by atoms with van der Waals surface area (Å²) in [6.07, 6.45) is 0.921. The molecule has 0 unspecified atom stereocenters. The lowest BCUT2D eigenvalue weighted by molar-refractivity contribution is 0.265. The van der Waals surface area contributed by atoms with Crippen LogP contribution in [0.4, 0.5) is 0 Å². The van der Waals surface area contributed by atoms with Crippen LogP contribution in [-0.2, 0) is 6.42 Å². The van der Waals surface area contributed by atoms with Crippen LogP contribution in [0.1, 0.15) is 19.4 Å². The molecule has 0 aromatic heterocycles. The van der Waals surface area contributed by atoms with Crippen LogP contribution in [0.3, 0.4) is 0 Å². The lowest BCUT2D eigenvalue weighted by Gasteiger charge is -2.26. The summed E-state index contributed by atoms with van der Waals surface area (Å²) >= 11 is 5.82. The number of rotatable bonds is 5. The highest BCUT2D eigenvalue weighted by Crippen LogP contribution is 2.15. The zero-order valence-electron chi connectivity index (χ0n) is 9.26. The van der Waals surface area contributed by atoms with Gasteiger partial charge in [0.15, 0.2) is 0 Å². The summed E-state index contributed by atoms with van der Waals surface area (Å²) in [6.45, 7) is 5.04. The van der Waals surface area contributed by atoms with Crippen LogP contribution in [0.5, 0.6) is 0 Å². The predicted octanol–water partition coefficient (Wildman–Crippen LogP) is 2.24. The molecule has 0 aliphatic rings. The quantitative estimate of drug-likeness (QED) is 0.809. The van der Waals surface area contributed by atoms with Crippen LogP contribution in [0.25, 0.3) is 0 Å². The summed E-state index contributed by atoms with van der Waals surface area (Å²) < 4.78 is 0. The van der Waals surface area contributed by atoms with Gasteiger partial charge in [-0.3, -0.25) is 0 Å². The maximum absolute atomic E-state index is 8.75. The van der Waals surface area contributed by atoms with Crippen molar-refractivity contribution in [2.75, 3.05) is 13.2 Å². The van der Waals surface area contributed by atoms with Crippen molar-refractivity contribution < 1.29 is 5.11 Å². The number of hydrogen-bond acceptors (Lipinski definition) is 2. The highest BCUT2D eigenvalue weighted by molar-refractivity contribution is 6.30. The summed E-state index contributed by atoms with van der Waals surface area (Å²) in [4.78, 5) is 0. The molecular formula is C12H18ClNO. The fourth-order valence-corrected chi connectivity index (χ4v) is 1.70. The largest absolute Gasteiger partial charge is 0.395 e. The third kappa shape index (κ3) is 4.65. The molecule has 84 valence electrons. The predicted molar refractivity (Wildman–Crippen MR) is 64.3 cm³/mol. The average molecular weight is 228 g/mol. The Hall–Kier alpha value is -0.570. The van der Waals surface area contributed by atoms with E-state index < -0.39 is 0 Å². The van der Waals surface area contributed by atoms with Crippen LogP contribution < -0.4 is 5.32 Å². The van der Waals surface area contributed by atoms with Crippen molar-refractivity contribution in [2.24, 2.45) is 0 Å². The molecule has 2 N–H and O–H groups in total. The maximum Gasteiger partial charge on any atom is 0.0556 e. The molecule has 0 saturated heterocycles. The molecule has 0 fully saturated rings. The summed E-state index contributed by atoms with van der Waals surface area (Å²) in [5, 5.41) is 12.8. The molecule has 3 heteroatoms. The number of hydrogen-bond donors (Lipinski definition) is 2. The van der Waals surface area contributed by atoms with Gasteiger partial charge in [-0.1, -0.05) is 23.7 Å². The van der Waals surface area contributed by atoms with E-state index in [9.17, 15) is 0 Å². The van der Waals surface area contributed by atoms with Crippen molar-refractivity contribution >= 4 is 11.6 Å². The Bertz CT molecular complexity index is 295. The van der Waals surface area contributed by atoms with Gasteiger partial charge in [0.05, 0.1) is 6.61 Å². The first-order chi connectivity index (χ1) is 7.03. The van der Waals surface area contributed by atoms with E-state index in [1.54, 1.807) is 0 Å². The maximum atomic E-state index is 8.75. The van der Waals surface area contributed by atoms with Gasteiger partial charge in [-0.2, -0.15) is 0 Å². The molecule has 2 nitrogen and oxygen atoms in total. The highest BCUT2D eigenvalue weighted by Gasteiger charge is 2.16. The lowest BCUT2D eigenvalue weighted by Crippen LogP contribution is -2.42.